The summed E-state index contributed by atoms with van der Waals surface area (Å²) in [7, 11) is 0. The van der Waals surface area contributed by atoms with E-state index in [1.165, 1.54) is 28.7 Å². The molecular weight excluding hydrogens is 284 g/mol. The maximum atomic E-state index is 11.6. The molecule has 0 N–H and O–H groups in total. The van der Waals surface area contributed by atoms with Gasteiger partial charge in [-0.05, 0) is 65.5 Å². The van der Waals surface area contributed by atoms with Crippen LogP contribution in [0.4, 0.5) is 0 Å². The molecule has 1 amide bonds. The van der Waals surface area contributed by atoms with E-state index < -0.39 is 0 Å². The first kappa shape index (κ1) is 14.4. The SMILES string of the molecule is CC(=O)N1CCC2(CCc3cc(-c4ccncc4)ccc32)CC1. The summed E-state index contributed by atoms with van der Waals surface area (Å²) in [6.45, 7) is 3.49. The van der Waals surface area contributed by atoms with Gasteiger partial charge in [0.15, 0.2) is 0 Å². The van der Waals surface area contributed by atoms with Crippen LogP contribution in [0, 0.1) is 0 Å². The van der Waals surface area contributed by atoms with Crippen molar-refractivity contribution in [3.8, 4) is 11.1 Å². The lowest BCUT2D eigenvalue weighted by molar-refractivity contribution is -0.130. The molecule has 1 aromatic heterocycles. The van der Waals surface area contributed by atoms with E-state index in [9.17, 15) is 4.79 Å². The van der Waals surface area contributed by atoms with Crippen LogP contribution in [0.1, 0.15) is 37.3 Å². The van der Waals surface area contributed by atoms with Crippen LogP contribution >= 0.6 is 0 Å². The average Bonchev–Trinajstić information content (AvgIpc) is 2.94. The largest absolute Gasteiger partial charge is 0.343 e. The monoisotopic (exact) mass is 306 g/mol. The topological polar surface area (TPSA) is 33.2 Å². The number of fused-ring (bicyclic) bond motifs is 2. The number of likely N-dealkylation sites (tertiary alicyclic amines) is 1. The van der Waals surface area contributed by atoms with Gasteiger partial charge in [-0.15, -0.1) is 0 Å². The highest BCUT2D eigenvalue weighted by molar-refractivity contribution is 5.73. The molecule has 0 radical (unpaired) electrons. The van der Waals surface area contributed by atoms with Crippen LogP contribution in [-0.2, 0) is 16.6 Å². The molecule has 3 nitrogen and oxygen atoms in total. The number of rotatable bonds is 1. The van der Waals surface area contributed by atoms with Gasteiger partial charge < -0.3 is 4.90 Å². The Bertz CT molecular complexity index is 731. The Morgan fingerprint density at radius 2 is 1.78 bits per heavy atom. The number of amides is 1. The Kier molecular flexibility index (Phi) is 3.44. The Hall–Kier alpha value is -2.16. The summed E-state index contributed by atoms with van der Waals surface area (Å²) < 4.78 is 0. The lowest BCUT2D eigenvalue weighted by atomic mass is 9.73. The van der Waals surface area contributed by atoms with Crippen LogP contribution < -0.4 is 0 Å². The van der Waals surface area contributed by atoms with Gasteiger partial charge in [0, 0.05) is 32.4 Å². The number of pyridine rings is 1. The summed E-state index contributed by atoms with van der Waals surface area (Å²) in [5, 5.41) is 0. The Balaban J connectivity index is 1.62. The molecule has 0 atom stereocenters. The number of hydrogen-bond donors (Lipinski definition) is 0. The molecule has 1 spiro atoms. The molecule has 4 rings (SSSR count). The number of aryl methyl sites for hydroxylation is 1. The second-order valence-corrected chi connectivity index (χ2v) is 6.89. The minimum Gasteiger partial charge on any atom is -0.343 e. The molecule has 2 aliphatic rings. The van der Waals surface area contributed by atoms with E-state index in [1.807, 2.05) is 17.3 Å². The van der Waals surface area contributed by atoms with Gasteiger partial charge in [0.1, 0.15) is 0 Å². The third kappa shape index (κ3) is 2.44. The summed E-state index contributed by atoms with van der Waals surface area (Å²) >= 11 is 0. The second kappa shape index (κ2) is 5.48. The minimum atomic E-state index is 0.214. The van der Waals surface area contributed by atoms with Gasteiger partial charge in [-0.25, -0.2) is 0 Å². The van der Waals surface area contributed by atoms with Crippen molar-refractivity contribution in [3.63, 3.8) is 0 Å². The molecule has 3 heteroatoms. The lowest BCUT2D eigenvalue weighted by Crippen LogP contribution is -2.43. The van der Waals surface area contributed by atoms with E-state index in [0.29, 0.717) is 5.41 Å². The number of carbonyl (C=O) groups is 1. The van der Waals surface area contributed by atoms with Gasteiger partial charge in [-0.2, -0.15) is 0 Å². The van der Waals surface area contributed by atoms with Crippen molar-refractivity contribution in [1.82, 2.24) is 9.88 Å². The number of benzene rings is 1. The number of piperidine rings is 1. The third-order valence-corrected chi connectivity index (χ3v) is 5.73. The van der Waals surface area contributed by atoms with Gasteiger partial charge >= 0.3 is 0 Å². The average molecular weight is 306 g/mol. The van der Waals surface area contributed by atoms with E-state index in [4.69, 9.17) is 0 Å². The van der Waals surface area contributed by atoms with Crippen LogP contribution in [0.25, 0.3) is 11.1 Å². The predicted molar refractivity (Wildman–Crippen MR) is 91.2 cm³/mol. The van der Waals surface area contributed by atoms with Gasteiger partial charge in [-0.3, -0.25) is 9.78 Å². The zero-order chi connectivity index (χ0) is 15.9. The van der Waals surface area contributed by atoms with E-state index in [1.54, 1.807) is 6.92 Å². The Labute approximate surface area is 137 Å². The Morgan fingerprint density at radius 3 is 2.48 bits per heavy atom. The van der Waals surface area contributed by atoms with Crippen LogP contribution in [0.2, 0.25) is 0 Å². The maximum Gasteiger partial charge on any atom is 0.219 e. The zero-order valence-corrected chi connectivity index (χ0v) is 13.6. The van der Waals surface area contributed by atoms with Crippen molar-refractivity contribution in [3.05, 3.63) is 53.9 Å². The minimum absolute atomic E-state index is 0.214. The van der Waals surface area contributed by atoms with Crippen LogP contribution in [0.3, 0.4) is 0 Å². The predicted octanol–water partition coefficient (Wildman–Crippen LogP) is 3.57. The number of aromatic nitrogens is 1. The van der Waals surface area contributed by atoms with Crippen molar-refractivity contribution < 1.29 is 4.79 Å². The van der Waals surface area contributed by atoms with E-state index in [-0.39, 0.29) is 5.91 Å². The molecule has 118 valence electrons. The summed E-state index contributed by atoms with van der Waals surface area (Å²) in [5.41, 5.74) is 5.84. The highest BCUT2D eigenvalue weighted by atomic mass is 16.2. The summed E-state index contributed by atoms with van der Waals surface area (Å²) in [6, 6.07) is 11.1. The molecule has 0 saturated carbocycles. The van der Waals surface area contributed by atoms with Crippen LogP contribution in [-0.4, -0.2) is 28.9 Å². The van der Waals surface area contributed by atoms with Crippen molar-refractivity contribution in [2.45, 2.75) is 38.0 Å². The molecular formula is C20H22N2O. The smallest absolute Gasteiger partial charge is 0.219 e. The zero-order valence-electron chi connectivity index (χ0n) is 13.6. The van der Waals surface area contributed by atoms with Crippen molar-refractivity contribution in [1.29, 1.82) is 0 Å². The first-order chi connectivity index (χ1) is 11.2. The van der Waals surface area contributed by atoms with Gasteiger partial charge in [0.25, 0.3) is 0 Å². The lowest BCUT2D eigenvalue weighted by Gasteiger charge is -2.40. The molecule has 1 saturated heterocycles. The number of carbonyl (C=O) groups excluding carboxylic acids is 1. The normalized spacial score (nSPS) is 18.9. The molecule has 0 unspecified atom stereocenters. The highest BCUT2D eigenvalue weighted by Crippen LogP contribution is 2.47. The van der Waals surface area contributed by atoms with E-state index in [2.05, 4.69) is 35.3 Å². The fourth-order valence-corrected chi connectivity index (χ4v) is 4.32. The van der Waals surface area contributed by atoms with Crippen LogP contribution in [0.15, 0.2) is 42.7 Å². The molecule has 23 heavy (non-hydrogen) atoms. The number of nitrogens with zero attached hydrogens (tertiary/aromatic N) is 2. The Morgan fingerprint density at radius 1 is 1.04 bits per heavy atom. The fourth-order valence-electron chi connectivity index (χ4n) is 4.32. The summed E-state index contributed by atoms with van der Waals surface area (Å²) in [5.74, 6) is 0.214. The molecule has 2 aromatic rings. The number of hydrogen-bond acceptors (Lipinski definition) is 2. The van der Waals surface area contributed by atoms with Crippen LogP contribution in [0.5, 0.6) is 0 Å². The van der Waals surface area contributed by atoms with E-state index in [0.717, 1.165) is 32.4 Å². The van der Waals surface area contributed by atoms with Gasteiger partial charge in [0.05, 0.1) is 0 Å². The molecule has 2 heterocycles. The first-order valence-corrected chi connectivity index (χ1v) is 8.47. The second-order valence-electron chi connectivity index (χ2n) is 6.89. The summed E-state index contributed by atoms with van der Waals surface area (Å²) in [6.07, 6.45) is 8.30. The summed E-state index contributed by atoms with van der Waals surface area (Å²) in [4.78, 5) is 17.7. The van der Waals surface area contributed by atoms with Crippen molar-refractivity contribution in [2.75, 3.05) is 13.1 Å². The van der Waals surface area contributed by atoms with Crippen molar-refractivity contribution in [2.24, 2.45) is 0 Å². The maximum absolute atomic E-state index is 11.6. The standard InChI is InChI=1S/C20H22N2O/c1-15(23)22-12-8-20(9-13-22)7-4-18-14-17(2-3-19(18)20)16-5-10-21-11-6-16/h2-3,5-6,10-11,14H,4,7-9,12-13H2,1H3. The molecule has 0 bridgehead atoms. The first-order valence-electron chi connectivity index (χ1n) is 8.47. The molecule has 1 aliphatic heterocycles. The molecule has 1 aliphatic carbocycles. The quantitative estimate of drug-likeness (QED) is 0.807. The third-order valence-electron chi connectivity index (χ3n) is 5.73. The molecule has 1 aromatic carbocycles. The van der Waals surface area contributed by atoms with Gasteiger partial charge in [-0.1, -0.05) is 18.2 Å². The van der Waals surface area contributed by atoms with Gasteiger partial charge in [0.2, 0.25) is 5.91 Å². The fraction of sp³-hybridized carbons (Fsp3) is 0.400. The highest BCUT2D eigenvalue weighted by Gasteiger charge is 2.41. The van der Waals surface area contributed by atoms with E-state index >= 15 is 0 Å². The van der Waals surface area contributed by atoms with Crippen molar-refractivity contribution >= 4 is 5.91 Å². The molecule has 1 fully saturated rings.